The molecule has 0 unspecified atom stereocenters. The Labute approximate surface area is 120 Å². The van der Waals surface area contributed by atoms with E-state index >= 15 is 0 Å². The molecule has 0 bridgehead atoms. The Bertz CT molecular complexity index is 583. The average Bonchev–Trinajstić information content (AvgIpc) is 2.73. The maximum atomic E-state index is 12.9. The van der Waals surface area contributed by atoms with Gasteiger partial charge in [-0.15, -0.1) is 11.3 Å². The first-order valence-electron chi connectivity index (χ1n) is 5.24. The van der Waals surface area contributed by atoms with E-state index in [0.717, 1.165) is 11.3 Å². The van der Waals surface area contributed by atoms with Crippen molar-refractivity contribution in [2.75, 3.05) is 7.05 Å². The third-order valence-electron chi connectivity index (χ3n) is 2.26. The fraction of sp³-hybridized carbons (Fsp3) is 0.273. The number of rotatable bonds is 3. The molecule has 8 heteroatoms. The smallest absolute Gasteiger partial charge is 0.315 e. The lowest BCUT2D eigenvalue weighted by molar-refractivity contribution is -0.141. The summed E-state index contributed by atoms with van der Waals surface area (Å²) in [6.45, 7) is 0.133. The molecule has 0 aromatic carbocycles. The quantitative estimate of drug-likeness (QED) is 0.915. The average molecular weight is 352 g/mol. The molecule has 0 radical (unpaired) electrons. The maximum absolute atomic E-state index is 12.9. The predicted octanol–water partition coefficient (Wildman–Crippen LogP) is 3.71. The first kappa shape index (κ1) is 14.4. The topological polar surface area (TPSA) is 37.8 Å². The Morgan fingerprint density at radius 2 is 2.11 bits per heavy atom. The number of aromatic nitrogens is 2. The standard InChI is InChI=1S/C11H9BrF3N3S/c1-16-5-8-9(11(13,14)15)18-10(19-8)6-2-7(12)4-17-3-6/h2-4,16H,5H2,1H3. The number of hydrogen-bond acceptors (Lipinski definition) is 4. The van der Waals surface area contributed by atoms with Crippen molar-refractivity contribution >= 4 is 27.3 Å². The third-order valence-corrected chi connectivity index (χ3v) is 3.79. The summed E-state index contributed by atoms with van der Waals surface area (Å²) in [5.74, 6) is 0. The highest BCUT2D eigenvalue weighted by Crippen LogP contribution is 2.37. The molecule has 3 nitrogen and oxygen atoms in total. The summed E-state index contributed by atoms with van der Waals surface area (Å²) in [6, 6.07) is 1.69. The van der Waals surface area contributed by atoms with Crippen LogP contribution in [0.3, 0.4) is 0 Å². The van der Waals surface area contributed by atoms with Gasteiger partial charge in [0.05, 0.1) is 4.88 Å². The normalized spacial score (nSPS) is 11.8. The van der Waals surface area contributed by atoms with Gasteiger partial charge in [-0.25, -0.2) is 4.98 Å². The molecule has 0 aliphatic rings. The number of hydrogen-bond donors (Lipinski definition) is 1. The molecule has 1 N–H and O–H groups in total. The summed E-state index contributed by atoms with van der Waals surface area (Å²) in [7, 11) is 1.60. The van der Waals surface area contributed by atoms with E-state index in [1.165, 1.54) is 6.20 Å². The van der Waals surface area contributed by atoms with Crippen LogP contribution in [0.4, 0.5) is 13.2 Å². The van der Waals surface area contributed by atoms with Gasteiger partial charge in [0.15, 0.2) is 5.69 Å². The van der Waals surface area contributed by atoms with E-state index in [1.807, 2.05) is 0 Å². The summed E-state index contributed by atoms with van der Waals surface area (Å²) in [4.78, 5) is 7.81. The number of alkyl halides is 3. The van der Waals surface area contributed by atoms with Crippen LogP contribution in [-0.2, 0) is 12.7 Å². The van der Waals surface area contributed by atoms with Gasteiger partial charge in [0.25, 0.3) is 0 Å². The molecular formula is C11H9BrF3N3S. The van der Waals surface area contributed by atoms with Gasteiger partial charge in [-0.2, -0.15) is 13.2 Å². The molecule has 2 heterocycles. The first-order valence-corrected chi connectivity index (χ1v) is 6.85. The van der Waals surface area contributed by atoms with E-state index in [1.54, 1.807) is 19.3 Å². The minimum absolute atomic E-state index is 0.133. The molecule has 0 spiro atoms. The Morgan fingerprint density at radius 1 is 1.37 bits per heavy atom. The zero-order chi connectivity index (χ0) is 14.0. The molecule has 0 fully saturated rings. The van der Waals surface area contributed by atoms with Crippen LogP contribution in [0.25, 0.3) is 10.6 Å². The summed E-state index contributed by atoms with van der Waals surface area (Å²) in [5.41, 5.74) is -0.269. The molecule has 19 heavy (non-hydrogen) atoms. The highest BCUT2D eigenvalue weighted by Gasteiger charge is 2.37. The number of pyridine rings is 1. The Kier molecular flexibility index (Phi) is 4.22. The van der Waals surface area contributed by atoms with Gasteiger partial charge in [0, 0.05) is 29.0 Å². The minimum atomic E-state index is -4.44. The SMILES string of the molecule is CNCc1sc(-c2cncc(Br)c2)nc1C(F)(F)F. The molecule has 0 aliphatic heterocycles. The van der Waals surface area contributed by atoms with Crippen molar-refractivity contribution in [3.8, 4) is 10.6 Å². The van der Waals surface area contributed by atoms with Gasteiger partial charge in [0.1, 0.15) is 5.01 Å². The van der Waals surface area contributed by atoms with Crippen LogP contribution in [0.5, 0.6) is 0 Å². The van der Waals surface area contributed by atoms with Gasteiger partial charge in [-0.1, -0.05) is 0 Å². The zero-order valence-electron chi connectivity index (χ0n) is 9.75. The van der Waals surface area contributed by atoms with Crippen molar-refractivity contribution in [3.63, 3.8) is 0 Å². The second kappa shape index (κ2) is 5.56. The van der Waals surface area contributed by atoms with Crippen molar-refractivity contribution in [2.45, 2.75) is 12.7 Å². The van der Waals surface area contributed by atoms with Crippen LogP contribution in [0.1, 0.15) is 10.6 Å². The van der Waals surface area contributed by atoms with Crippen LogP contribution < -0.4 is 5.32 Å². The molecule has 2 aromatic heterocycles. The van der Waals surface area contributed by atoms with E-state index in [-0.39, 0.29) is 11.4 Å². The third kappa shape index (κ3) is 3.31. The second-order valence-corrected chi connectivity index (χ2v) is 5.71. The van der Waals surface area contributed by atoms with Crippen LogP contribution in [0, 0.1) is 0 Å². The predicted molar refractivity (Wildman–Crippen MR) is 70.8 cm³/mol. The van der Waals surface area contributed by atoms with Gasteiger partial charge in [-0.05, 0) is 29.0 Å². The van der Waals surface area contributed by atoms with Crippen molar-refractivity contribution in [1.29, 1.82) is 0 Å². The van der Waals surface area contributed by atoms with Gasteiger partial charge in [-0.3, -0.25) is 4.98 Å². The largest absolute Gasteiger partial charge is 0.434 e. The summed E-state index contributed by atoms with van der Waals surface area (Å²) < 4.78 is 39.3. The lowest BCUT2D eigenvalue weighted by Gasteiger charge is -2.04. The first-order chi connectivity index (χ1) is 8.91. The lowest BCUT2D eigenvalue weighted by Crippen LogP contribution is -2.12. The Hall–Kier alpha value is -0.990. The van der Waals surface area contributed by atoms with Crippen molar-refractivity contribution < 1.29 is 13.2 Å². The molecular weight excluding hydrogens is 343 g/mol. The molecule has 0 saturated carbocycles. The monoisotopic (exact) mass is 351 g/mol. The number of nitrogens with zero attached hydrogens (tertiary/aromatic N) is 2. The van der Waals surface area contributed by atoms with E-state index in [2.05, 4.69) is 31.2 Å². The van der Waals surface area contributed by atoms with E-state index in [4.69, 9.17) is 0 Å². The van der Waals surface area contributed by atoms with Gasteiger partial charge < -0.3 is 5.32 Å². The van der Waals surface area contributed by atoms with Gasteiger partial charge in [0.2, 0.25) is 0 Å². The van der Waals surface area contributed by atoms with Crippen LogP contribution in [0.2, 0.25) is 0 Å². The summed E-state index contributed by atoms with van der Waals surface area (Å²) >= 11 is 4.25. The summed E-state index contributed by atoms with van der Waals surface area (Å²) in [5, 5.41) is 3.03. The van der Waals surface area contributed by atoms with Crippen LogP contribution in [-0.4, -0.2) is 17.0 Å². The minimum Gasteiger partial charge on any atom is -0.315 e. The molecule has 102 valence electrons. The molecule has 2 aromatic rings. The zero-order valence-corrected chi connectivity index (χ0v) is 12.2. The molecule has 0 saturated heterocycles. The Morgan fingerprint density at radius 3 is 2.68 bits per heavy atom. The number of thiazole rings is 1. The van der Waals surface area contributed by atoms with Crippen molar-refractivity contribution in [1.82, 2.24) is 15.3 Å². The molecule has 0 aliphatic carbocycles. The van der Waals surface area contributed by atoms with Crippen molar-refractivity contribution in [3.05, 3.63) is 33.5 Å². The van der Waals surface area contributed by atoms with Crippen LogP contribution >= 0.6 is 27.3 Å². The molecule has 0 atom stereocenters. The molecule has 2 rings (SSSR count). The summed E-state index contributed by atoms with van der Waals surface area (Å²) in [6.07, 6.45) is -1.39. The maximum Gasteiger partial charge on any atom is 0.434 e. The lowest BCUT2D eigenvalue weighted by atomic mass is 10.3. The number of halogens is 4. The second-order valence-electron chi connectivity index (χ2n) is 3.71. The van der Waals surface area contributed by atoms with Crippen molar-refractivity contribution in [2.24, 2.45) is 0 Å². The highest BCUT2D eigenvalue weighted by atomic mass is 79.9. The fourth-order valence-electron chi connectivity index (χ4n) is 1.51. The Balaban J connectivity index is 2.48. The van der Waals surface area contributed by atoms with E-state index < -0.39 is 11.9 Å². The fourth-order valence-corrected chi connectivity index (χ4v) is 2.95. The van der Waals surface area contributed by atoms with Gasteiger partial charge >= 0.3 is 6.18 Å². The van der Waals surface area contributed by atoms with E-state index in [9.17, 15) is 13.2 Å². The van der Waals surface area contributed by atoms with E-state index in [0.29, 0.717) is 15.0 Å². The van der Waals surface area contributed by atoms with Crippen LogP contribution in [0.15, 0.2) is 22.9 Å². The molecule has 0 amide bonds. The number of nitrogens with one attached hydrogen (secondary N) is 1. The highest BCUT2D eigenvalue weighted by molar-refractivity contribution is 9.10.